The average Bonchev–Trinajstić information content (AvgIpc) is 2.72. The molecule has 0 unspecified atom stereocenters. The molecule has 5 nitrogen and oxygen atoms in total. The summed E-state index contributed by atoms with van der Waals surface area (Å²) in [4.78, 5) is 24.8. The van der Waals surface area contributed by atoms with E-state index >= 15 is 0 Å². The molecule has 3 aromatic carbocycles. The molecule has 0 spiro atoms. The Balaban J connectivity index is 1.64. The minimum atomic E-state index is -0.192. The highest BCUT2D eigenvalue weighted by Gasteiger charge is 2.11. The van der Waals surface area contributed by atoms with E-state index in [1.54, 1.807) is 61.7 Å². The Kier molecular flexibility index (Phi) is 6.07. The maximum atomic E-state index is 12.4. The van der Waals surface area contributed by atoms with Crippen molar-refractivity contribution in [2.24, 2.45) is 0 Å². The van der Waals surface area contributed by atoms with Crippen LogP contribution in [0.15, 0.2) is 72.8 Å². The fourth-order valence-electron chi connectivity index (χ4n) is 2.72. The highest BCUT2D eigenvalue weighted by molar-refractivity contribution is 6.05. The molecule has 28 heavy (non-hydrogen) atoms. The van der Waals surface area contributed by atoms with Crippen molar-refractivity contribution in [1.29, 1.82) is 0 Å². The number of carbonyl (C=O) groups is 2. The Morgan fingerprint density at radius 1 is 0.893 bits per heavy atom. The molecule has 0 saturated heterocycles. The summed E-state index contributed by atoms with van der Waals surface area (Å²) in [6.45, 7) is 1.78. The van der Waals surface area contributed by atoms with Gasteiger partial charge in [-0.2, -0.15) is 0 Å². The molecule has 5 heteroatoms. The molecule has 0 fully saturated rings. The van der Waals surface area contributed by atoms with Crippen LogP contribution in [0, 0.1) is 6.92 Å². The normalized spacial score (nSPS) is 10.2. The molecular weight excluding hydrogens is 354 g/mol. The molecule has 0 aliphatic rings. The molecule has 0 aliphatic heterocycles. The number of hydrogen-bond acceptors (Lipinski definition) is 4. The van der Waals surface area contributed by atoms with E-state index in [1.165, 1.54) is 0 Å². The van der Waals surface area contributed by atoms with Gasteiger partial charge in [-0.05, 0) is 42.8 Å². The molecule has 0 heterocycles. The first-order chi connectivity index (χ1) is 13.6. The van der Waals surface area contributed by atoms with Gasteiger partial charge >= 0.3 is 0 Å². The van der Waals surface area contributed by atoms with Crippen LogP contribution in [0.4, 0.5) is 5.69 Å². The van der Waals surface area contributed by atoms with E-state index in [-0.39, 0.29) is 18.3 Å². The standard InChI is InChI=1S/C23H21NO4/c1-16-7-3-4-12-21(16)23(26)24-18-9-6-11-20(14-18)28-15-22(25)17-8-5-10-19(13-17)27-2/h3-14H,15H2,1-2H3,(H,24,26). The number of carbonyl (C=O) groups excluding carboxylic acids is 2. The number of rotatable bonds is 7. The minimum Gasteiger partial charge on any atom is -0.497 e. The third kappa shape index (κ3) is 4.76. The minimum absolute atomic E-state index is 0.109. The fourth-order valence-corrected chi connectivity index (χ4v) is 2.72. The number of nitrogens with one attached hydrogen (secondary N) is 1. The third-order valence-corrected chi connectivity index (χ3v) is 4.24. The summed E-state index contributed by atoms with van der Waals surface area (Å²) in [5.41, 5.74) is 2.63. The van der Waals surface area contributed by atoms with Crippen molar-refractivity contribution in [3.8, 4) is 11.5 Å². The Labute approximate surface area is 163 Å². The van der Waals surface area contributed by atoms with Crippen molar-refractivity contribution in [1.82, 2.24) is 0 Å². The Hall–Kier alpha value is -3.60. The van der Waals surface area contributed by atoms with Gasteiger partial charge in [0.05, 0.1) is 7.11 Å². The Bertz CT molecular complexity index is 997. The van der Waals surface area contributed by atoms with Gasteiger partial charge in [-0.1, -0.05) is 36.4 Å². The van der Waals surface area contributed by atoms with Crippen LogP contribution in [0.3, 0.4) is 0 Å². The summed E-state index contributed by atoms with van der Waals surface area (Å²) in [5.74, 6) is 0.765. The maximum Gasteiger partial charge on any atom is 0.255 e. The van der Waals surface area contributed by atoms with Gasteiger partial charge < -0.3 is 14.8 Å². The summed E-state index contributed by atoms with van der Waals surface area (Å²) >= 11 is 0. The molecule has 3 rings (SSSR count). The zero-order valence-corrected chi connectivity index (χ0v) is 15.8. The van der Waals surface area contributed by atoms with Gasteiger partial charge in [0.15, 0.2) is 12.4 Å². The molecule has 0 saturated carbocycles. The summed E-state index contributed by atoms with van der Waals surface area (Å²) in [6, 6.07) is 21.3. The first-order valence-electron chi connectivity index (χ1n) is 8.84. The maximum absolute atomic E-state index is 12.4. The predicted octanol–water partition coefficient (Wildman–Crippen LogP) is 4.52. The highest BCUT2D eigenvalue weighted by Crippen LogP contribution is 2.20. The van der Waals surface area contributed by atoms with Crippen LogP contribution in [-0.4, -0.2) is 25.4 Å². The van der Waals surface area contributed by atoms with Crippen molar-refractivity contribution >= 4 is 17.4 Å². The summed E-state index contributed by atoms with van der Waals surface area (Å²) in [6.07, 6.45) is 0. The molecule has 0 aliphatic carbocycles. The van der Waals surface area contributed by atoms with Gasteiger partial charge in [-0.15, -0.1) is 0 Å². The zero-order chi connectivity index (χ0) is 19.9. The fraction of sp³-hybridized carbons (Fsp3) is 0.130. The van der Waals surface area contributed by atoms with Crippen LogP contribution in [0.2, 0.25) is 0 Å². The number of benzene rings is 3. The zero-order valence-electron chi connectivity index (χ0n) is 15.8. The molecular formula is C23H21NO4. The number of Topliss-reactive ketones (excluding diaryl/α,β-unsaturated/α-hetero) is 1. The average molecular weight is 375 g/mol. The van der Waals surface area contributed by atoms with E-state index in [4.69, 9.17) is 9.47 Å². The van der Waals surface area contributed by atoms with Crippen molar-refractivity contribution in [3.05, 3.63) is 89.5 Å². The van der Waals surface area contributed by atoms with Gasteiger partial charge in [0, 0.05) is 22.9 Å². The second-order valence-corrected chi connectivity index (χ2v) is 6.24. The van der Waals surface area contributed by atoms with E-state index in [2.05, 4.69) is 5.32 Å². The summed E-state index contributed by atoms with van der Waals surface area (Å²) in [5, 5.41) is 2.85. The lowest BCUT2D eigenvalue weighted by atomic mass is 10.1. The highest BCUT2D eigenvalue weighted by atomic mass is 16.5. The number of ketones is 1. The first kappa shape index (κ1) is 19.2. The van der Waals surface area contributed by atoms with Crippen LogP contribution in [0.5, 0.6) is 11.5 Å². The van der Waals surface area contributed by atoms with Crippen molar-refractivity contribution in [2.45, 2.75) is 6.92 Å². The molecule has 142 valence electrons. The number of amides is 1. The SMILES string of the molecule is COc1cccc(C(=O)COc2cccc(NC(=O)c3ccccc3C)c2)c1. The van der Waals surface area contributed by atoms with E-state index in [0.717, 1.165) is 5.56 Å². The number of anilines is 1. The molecule has 3 aromatic rings. The molecule has 0 bridgehead atoms. The number of methoxy groups -OCH3 is 1. The van der Waals surface area contributed by atoms with Gasteiger partial charge in [0.1, 0.15) is 11.5 Å². The van der Waals surface area contributed by atoms with E-state index in [1.807, 2.05) is 25.1 Å². The third-order valence-electron chi connectivity index (χ3n) is 4.24. The lowest BCUT2D eigenvalue weighted by Gasteiger charge is -2.10. The van der Waals surface area contributed by atoms with Gasteiger partial charge in [-0.25, -0.2) is 0 Å². The van der Waals surface area contributed by atoms with E-state index in [0.29, 0.717) is 28.3 Å². The largest absolute Gasteiger partial charge is 0.497 e. The van der Waals surface area contributed by atoms with E-state index < -0.39 is 0 Å². The number of ether oxygens (including phenoxy) is 2. The van der Waals surface area contributed by atoms with E-state index in [9.17, 15) is 9.59 Å². The van der Waals surface area contributed by atoms with Crippen LogP contribution in [0.25, 0.3) is 0 Å². The molecule has 1 amide bonds. The van der Waals surface area contributed by atoms with Crippen LogP contribution in [-0.2, 0) is 0 Å². The summed E-state index contributed by atoms with van der Waals surface area (Å²) < 4.78 is 10.7. The second-order valence-electron chi connectivity index (χ2n) is 6.24. The van der Waals surface area contributed by atoms with Gasteiger partial charge in [-0.3, -0.25) is 9.59 Å². The van der Waals surface area contributed by atoms with Crippen LogP contribution < -0.4 is 14.8 Å². The first-order valence-corrected chi connectivity index (χ1v) is 8.84. The Morgan fingerprint density at radius 3 is 2.43 bits per heavy atom. The second kappa shape index (κ2) is 8.86. The topological polar surface area (TPSA) is 64.6 Å². The number of hydrogen-bond donors (Lipinski definition) is 1. The van der Waals surface area contributed by atoms with Crippen molar-refractivity contribution < 1.29 is 19.1 Å². The smallest absolute Gasteiger partial charge is 0.255 e. The molecule has 0 aromatic heterocycles. The quantitative estimate of drug-likeness (QED) is 0.617. The molecule has 0 atom stereocenters. The van der Waals surface area contributed by atoms with Crippen molar-refractivity contribution in [2.75, 3.05) is 19.0 Å². The summed E-state index contributed by atoms with van der Waals surface area (Å²) in [7, 11) is 1.55. The van der Waals surface area contributed by atoms with Gasteiger partial charge in [0.25, 0.3) is 5.91 Å². The Morgan fingerprint density at radius 2 is 1.64 bits per heavy atom. The van der Waals surface area contributed by atoms with Crippen LogP contribution in [0.1, 0.15) is 26.3 Å². The molecule has 0 radical (unpaired) electrons. The van der Waals surface area contributed by atoms with Gasteiger partial charge in [0.2, 0.25) is 0 Å². The molecule has 1 N–H and O–H groups in total. The van der Waals surface area contributed by atoms with Crippen molar-refractivity contribution in [3.63, 3.8) is 0 Å². The lowest BCUT2D eigenvalue weighted by Crippen LogP contribution is -2.14. The monoisotopic (exact) mass is 375 g/mol. The lowest BCUT2D eigenvalue weighted by molar-refractivity contribution is 0.0920. The number of aryl methyl sites for hydroxylation is 1. The predicted molar refractivity (Wildman–Crippen MR) is 108 cm³/mol. The van der Waals surface area contributed by atoms with Crippen LogP contribution >= 0.6 is 0 Å².